The van der Waals surface area contributed by atoms with Gasteiger partial charge in [-0.2, -0.15) is 0 Å². The molecule has 2 N–H and O–H groups in total. The van der Waals surface area contributed by atoms with Crippen molar-refractivity contribution in [2.24, 2.45) is 0 Å². The number of benzene rings is 1. The molecule has 0 saturated carbocycles. The van der Waals surface area contributed by atoms with Crippen LogP contribution in [0.5, 0.6) is 0 Å². The van der Waals surface area contributed by atoms with E-state index in [2.05, 4.69) is 0 Å². The van der Waals surface area contributed by atoms with Gasteiger partial charge < -0.3 is 5.11 Å². The number of fused-ring (bicyclic) bond motifs is 1. The molecule has 1 aliphatic heterocycles. The van der Waals surface area contributed by atoms with E-state index in [1.54, 1.807) is 12.1 Å². The number of carboxylic acids is 1. The zero-order valence-electron chi connectivity index (χ0n) is 8.42. The highest BCUT2D eigenvalue weighted by atomic mass is 16.5. The maximum absolute atomic E-state index is 11.0. The minimum absolute atomic E-state index is 0.135. The third-order valence-corrected chi connectivity index (χ3v) is 2.92. The molecule has 1 aromatic carbocycles. The number of hydrogen-bond donors (Lipinski definition) is 2. The number of anilines is 1. The summed E-state index contributed by atoms with van der Waals surface area (Å²) in [6, 6.07) is 6.40. The van der Waals surface area contributed by atoms with Crippen molar-refractivity contribution in [3.05, 3.63) is 29.8 Å². The van der Waals surface area contributed by atoms with Crippen molar-refractivity contribution in [2.75, 3.05) is 5.06 Å². The van der Waals surface area contributed by atoms with E-state index in [9.17, 15) is 10.0 Å². The maximum atomic E-state index is 11.0. The van der Waals surface area contributed by atoms with Gasteiger partial charge in [-0.15, -0.1) is 0 Å². The molecule has 0 aromatic heterocycles. The predicted octanol–water partition coefficient (Wildman–Crippen LogP) is 1.84. The van der Waals surface area contributed by atoms with Crippen molar-refractivity contribution in [2.45, 2.75) is 25.3 Å². The molecule has 15 heavy (non-hydrogen) atoms. The van der Waals surface area contributed by atoms with Gasteiger partial charge in [0.05, 0.1) is 5.69 Å². The molecule has 0 fully saturated rings. The Morgan fingerprint density at radius 2 is 2.13 bits per heavy atom. The standard InChI is InChI=1S/C11H13NO3/c1-2-7-8-5-3-4-6-9(8)12(15)10(7)11(13)14/h3-7,10,15H,2H2,1H3,(H,13,14). The fourth-order valence-electron chi connectivity index (χ4n) is 2.22. The Kier molecular flexibility index (Phi) is 2.36. The largest absolute Gasteiger partial charge is 0.480 e. The second-order valence-electron chi connectivity index (χ2n) is 3.70. The van der Waals surface area contributed by atoms with Crippen LogP contribution in [-0.2, 0) is 4.79 Å². The van der Waals surface area contributed by atoms with Crippen molar-refractivity contribution in [1.29, 1.82) is 0 Å². The molecule has 4 nitrogen and oxygen atoms in total. The highest BCUT2D eigenvalue weighted by Crippen LogP contribution is 2.41. The summed E-state index contributed by atoms with van der Waals surface area (Å²) in [4.78, 5) is 11.0. The van der Waals surface area contributed by atoms with Crippen LogP contribution < -0.4 is 5.06 Å². The first kappa shape index (κ1) is 9.98. The third kappa shape index (κ3) is 1.37. The molecule has 0 bridgehead atoms. The molecule has 2 atom stereocenters. The summed E-state index contributed by atoms with van der Waals surface area (Å²) < 4.78 is 0. The van der Waals surface area contributed by atoms with Gasteiger partial charge in [0.1, 0.15) is 0 Å². The average Bonchev–Trinajstić information content (AvgIpc) is 2.52. The van der Waals surface area contributed by atoms with E-state index in [0.717, 1.165) is 10.6 Å². The van der Waals surface area contributed by atoms with Gasteiger partial charge in [-0.3, -0.25) is 5.21 Å². The number of carbonyl (C=O) groups is 1. The van der Waals surface area contributed by atoms with Gasteiger partial charge in [0.2, 0.25) is 0 Å². The number of aliphatic carboxylic acids is 1. The van der Waals surface area contributed by atoms with Gasteiger partial charge in [0.15, 0.2) is 6.04 Å². The van der Waals surface area contributed by atoms with Gasteiger partial charge in [0, 0.05) is 5.92 Å². The van der Waals surface area contributed by atoms with Gasteiger partial charge in [-0.05, 0) is 18.1 Å². The monoisotopic (exact) mass is 207 g/mol. The SMILES string of the molecule is CCC1c2ccccc2N(O)C1C(=O)O. The van der Waals surface area contributed by atoms with Crippen LogP contribution >= 0.6 is 0 Å². The molecule has 2 rings (SSSR count). The van der Waals surface area contributed by atoms with Gasteiger partial charge in [0.25, 0.3) is 0 Å². The predicted molar refractivity (Wildman–Crippen MR) is 55.2 cm³/mol. The van der Waals surface area contributed by atoms with Crippen molar-refractivity contribution in [3.8, 4) is 0 Å². The molecule has 2 unspecified atom stereocenters. The Labute approximate surface area is 87.7 Å². The fraction of sp³-hybridized carbons (Fsp3) is 0.364. The van der Waals surface area contributed by atoms with E-state index >= 15 is 0 Å². The Morgan fingerprint density at radius 3 is 2.73 bits per heavy atom. The fourth-order valence-corrected chi connectivity index (χ4v) is 2.22. The Hall–Kier alpha value is -1.55. The Morgan fingerprint density at radius 1 is 1.47 bits per heavy atom. The minimum atomic E-state index is -0.986. The van der Waals surface area contributed by atoms with E-state index in [4.69, 9.17) is 5.11 Å². The summed E-state index contributed by atoms with van der Waals surface area (Å²) >= 11 is 0. The summed E-state index contributed by atoms with van der Waals surface area (Å²) in [6.07, 6.45) is 0.699. The van der Waals surface area contributed by atoms with Crippen molar-refractivity contribution in [3.63, 3.8) is 0 Å². The van der Waals surface area contributed by atoms with E-state index in [1.807, 2.05) is 19.1 Å². The van der Waals surface area contributed by atoms with Crippen molar-refractivity contribution in [1.82, 2.24) is 0 Å². The molecule has 4 heteroatoms. The van der Waals surface area contributed by atoms with E-state index in [0.29, 0.717) is 12.1 Å². The summed E-state index contributed by atoms with van der Waals surface area (Å²) in [5, 5.41) is 19.7. The quantitative estimate of drug-likeness (QED) is 0.776. The molecule has 0 amide bonds. The summed E-state index contributed by atoms with van der Waals surface area (Å²) in [6.45, 7) is 1.93. The smallest absolute Gasteiger partial charge is 0.329 e. The van der Waals surface area contributed by atoms with Crippen LogP contribution in [0.4, 0.5) is 5.69 Å². The molecule has 0 saturated heterocycles. The van der Waals surface area contributed by atoms with Gasteiger partial charge in [-0.25, -0.2) is 9.86 Å². The lowest BCUT2D eigenvalue weighted by Gasteiger charge is -2.19. The molecule has 1 heterocycles. The summed E-state index contributed by atoms with van der Waals surface area (Å²) in [5.74, 6) is -1.12. The van der Waals surface area contributed by atoms with Crippen molar-refractivity contribution < 1.29 is 15.1 Å². The lowest BCUT2D eigenvalue weighted by atomic mass is 9.93. The highest BCUT2D eigenvalue weighted by Gasteiger charge is 2.41. The van der Waals surface area contributed by atoms with Gasteiger partial charge >= 0.3 is 5.97 Å². The summed E-state index contributed by atoms with van der Waals surface area (Å²) in [5.41, 5.74) is 1.52. The van der Waals surface area contributed by atoms with Gasteiger partial charge in [-0.1, -0.05) is 25.1 Å². The van der Waals surface area contributed by atoms with Crippen LogP contribution in [0.15, 0.2) is 24.3 Å². The zero-order chi connectivity index (χ0) is 11.0. The number of rotatable bonds is 2. The molecule has 1 aromatic rings. The molecule has 1 aliphatic rings. The first-order valence-corrected chi connectivity index (χ1v) is 4.96. The van der Waals surface area contributed by atoms with Crippen LogP contribution in [0.25, 0.3) is 0 Å². The highest BCUT2D eigenvalue weighted by molar-refractivity contribution is 5.82. The molecule has 80 valence electrons. The summed E-state index contributed by atoms with van der Waals surface area (Å²) in [7, 11) is 0. The number of carboxylic acid groups (broad SMARTS) is 1. The average molecular weight is 207 g/mol. The maximum Gasteiger partial charge on any atom is 0.329 e. The normalized spacial score (nSPS) is 24.0. The van der Waals surface area contributed by atoms with Crippen LogP contribution in [-0.4, -0.2) is 22.3 Å². The first-order valence-electron chi connectivity index (χ1n) is 4.96. The molecular weight excluding hydrogens is 194 g/mol. The number of nitrogens with zero attached hydrogens (tertiary/aromatic N) is 1. The lowest BCUT2D eigenvalue weighted by molar-refractivity contribution is -0.140. The molecule has 0 radical (unpaired) electrons. The molecular formula is C11H13NO3. The lowest BCUT2D eigenvalue weighted by Crippen LogP contribution is -2.38. The Bertz CT molecular complexity index is 391. The van der Waals surface area contributed by atoms with Crippen LogP contribution in [0, 0.1) is 0 Å². The topological polar surface area (TPSA) is 60.8 Å². The molecule has 0 spiro atoms. The third-order valence-electron chi connectivity index (χ3n) is 2.92. The second-order valence-corrected chi connectivity index (χ2v) is 3.70. The molecule has 0 aliphatic carbocycles. The Balaban J connectivity index is 2.48. The van der Waals surface area contributed by atoms with Crippen LogP contribution in [0.2, 0.25) is 0 Å². The number of para-hydroxylation sites is 1. The van der Waals surface area contributed by atoms with Crippen LogP contribution in [0.3, 0.4) is 0 Å². The van der Waals surface area contributed by atoms with E-state index in [1.165, 1.54) is 0 Å². The van der Waals surface area contributed by atoms with Crippen molar-refractivity contribution >= 4 is 11.7 Å². The number of hydrogen-bond acceptors (Lipinski definition) is 3. The first-order chi connectivity index (χ1) is 7.16. The van der Waals surface area contributed by atoms with E-state index < -0.39 is 12.0 Å². The zero-order valence-corrected chi connectivity index (χ0v) is 8.42. The minimum Gasteiger partial charge on any atom is -0.480 e. The number of hydroxylamine groups is 1. The van der Waals surface area contributed by atoms with Crippen LogP contribution in [0.1, 0.15) is 24.8 Å². The van der Waals surface area contributed by atoms with E-state index in [-0.39, 0.29) is 5.92 Å². The second kappa shape index (κ2) is 3.55.